The van der Waals surface area contributed by atoms with E-state index < -0.39 is 6.04 Å². The Hall–Kier alpha value is -3.41. The van der Waals surface area contributed by atoms with Crippen LogP contribution in [0.2, 0.25) is 0 Å². The van der Waals surface area contributed by atoms with E-state index in [4.69, 9.17) is 0 Å². The van der Waals surface area contributed by atoms with Gasteiger partial charge in [0.25, 0.3) is 5.91 Å². The van der Waals surface area contributed by atoms with E-state index in [1.807, 2.05) is 67.6 Å². The Balaban J connectivity index is 1.58. The van der Waals surface area contributed by atoms with Crippen LogP contribution in [0.15, 0.2) is 60.7 Å². The average Bonchev–Trinajstić information content (AvgIpc) is 3.13. The Morgan fingerprint density at radius 2 is 1.77 bits per heavy atom. The molecule has 130 valence electrons. The minimum absolute atomic E-state index is 0.0308. The summed E-state index contributed by atoms with van der Waals surface area (Å²) in [7, 11) is 0. The van der Waals surface area contributed by atoms with Crippen LogP contribution in [0.1, 0.15) is 18.0 Å². The Morgan fingerprint density at radius 1 is 1.12 bits per heavy atom. The Morgan fingerprint density at radius 3 is 2.46 bits per heavy atom. The molecule has 2 aromatic carbocycles. The molecule has 1 aliphatic heterocycles. The van der Waals surface area contributed by atoms with Gasteiger partial charge >= 0.3 is 0 Å². The summed E-state index contributed by atoms with van der Waals surface area (Å²) < 4.78 is 1.63. The number of nitrogens with zero attached hydrogens (tertiary/aromatic N) is 2. The molecule has 0 fully saturated rings. The first-order valence-corrected chi connectivity index (χ1v) is 8.44. The number of carbonyl (C=O) groups is 2. The van der Waals surface area contributed by atoms with Gasteiger partial charge in [0.2, 0.25) is 5.91 Å². The molecule has 0 radical (unpaired) electrons. The summed E-state index contributed by atoms with van der Waals surface area (Å²) >= 11 is 0. The van der Waals surface area contributed by atoms with Crippen molar-refractivity contribution in [3.05, 3.63) is 66.2 Å². The van der Waals surface area contributed by atoms with E-state index in [-0.39, 0.29) is 18.2 Å². The van der Waals surface area contributed by atoms with Gasteiger partial charge in [0.05, 0.1) is 12.1 Å². The SMILES string of the molecule is Cc1c(-c2ccccc2)nn2c1NC(=O)[C@@H]2CC(=O)Nc1ccccc1. The van der Waals surface area contributed by atoms with E-state index in [9.17, 15) is 9.59 Å². The minimum atomic E-state index is -0.648. The maximum absolute atomic E-state index is 12.4. The number of amides is 2. The second-order valence-electron chi connectivity index (χ2n) is 6.26. The summed E-state index contributed by atoms with van der Waals surface area (Å²) in [5, 5.41) is 10.3. The lowest BCUT2D eigenvalue weighted by atomic mass is 10.1. The minimum Gasteiger partial charge on any atom is -0.326 e. The van der Waals surface area contributed by atoms with Crippen molar-refractivity contribution < 1.29 is 9.59 Å². The molecule has 2 heterocycles. The fourth-order valence-electron chi connectivity index (χ4n) is 3.16. The number of hydrogen-bond donors (Lipinski definition) is 2. The average molecular weight is 346 g/mol. The smallest absolute Gasteiger partial charge is 0.251 e. The molecular weight excluding hydrogens is 328 g/mol. The fourth-order valence-corrected chi connectivity index (χ4v) is 3.16. The first kappa shape index (κ1) is 16.1. The highest BCUT2D eigenvalue weighted by Crippen LogP contribution is 2.35. The first-order chi connectivity index (χ1) is 12.6. The molecule has 1 aliphatic rings. The molecule has 3 aromatic rings. The number of benzene rings is 2. The number of anilines is 2. The lowest BCUT2D eigenvalue weighted by molar-refractivity contribution is -0.123. The number of aromatic nitrogens is 2. The van der Waals surface area contributed by atoms with Crippen molar-refractivity contribution in [2.45, 2.75) is 19.4 Å². The number of carbonyl (C=O) groups excluding carboxylic acids is 2. The van der Waals surface area contributed by atoms with Gasteiger partial charge in [-0.05, 0) is 19.1 Å². The van der Waals surface area contributed by atoms with E-state index in [0.717, 1.165) is 16.8 Å². The highest BCUT2D eigenvalue weighted by molar-refractivity contribution is 6.02. The molecule has 1 aromatic heterocycles. The van der Waals surface area contributed by atoms with Crippen LogP contribution >= 0.6 is 0 Å². The van der Waals surface area contributed by atoms with Crippen LogP contribution in [0, 0.1) is 6.92 Å². The molecule has 2 amide bonds. The highest BCUT2D eigenvalue weighted by Gasteiger charge is 2.35. The van der Waals surface area contributed by atoms with Crippen molar-refractivity contribution in [1.82, 2.24) is 9.78 Å². The molecule has 0 unspecified atom stereocenters. The molecular formula is C20H18N4O2. The topological polar surface area (TPSA) is 76.0 Å². The van der Waals surface area contributed by atoms with Crippen molar-refractivity contribution in [3.8, 4) is 11.3 Å². The fraction of sp³-hybridized carbons (Fsp3) is 0.150. The van der Waals surface area contributed by atoms with Crippen LogP contribution in [-0.2, 0) is 9.59 Å². The summed E-state index contributed by atoms with van der Waals surface area (Å²) in [4.78, 5) is 24.7. The predicted molar refractivity (Wildman–Crippen MR) is 99.8 cm³/mol. The molecule has 6 nitrogen and oxygen atoms in total. The maximum Gasteiger partial charge on any atom is 0.251 e. The zero-order chi connectivity index (χ0) is 18.1. The van der Waals surface area contributed by atoms with E-state index in [0.29, 0.717) is 11.5 Å². The Kier molecular flexibility index (Phi) is 4.01. The van der Waals surface area contributed by atoms with Crippen LogP contribution in [0.4, 0.5) is 11.5 Å². The van der Waals surface area contributed by atoms with Crippen molar-refractivity contribution >= 4 is 23.3 Å². The van der Waals surface area contributed by atoms with Gasteiger partial charge in [-0.15, -0.1) is 0 Å². The van der Waals surface area contributed by atoms with Gasteiger partial charge < -0.3 is 10.6 Å². The van der Waals surface area contributed by atoms with Gasteiger partial charge in [-0.25, -0.2) is 4.68 Å². The number of hydrogen-bond acceptors (Lipinski definition) is 3. The third kappa shape index (κ3) is 2.86. The summed E-state index contributed by atoms with van der Waals surface area (Å²) in [6, 6.07) is 18.3. The normalized spacial score (nSPS) is 15.4. The van der Waals surface area contributed by atoms with Crippen LogP contribution in [0.3, 0.4) is 0 Å². The molecule has 2 N–H and O–H groups in total. The van der Waals surface area contributed by atoms with E-state index in [1.54, 1.807) is 4.68 Å². The molecule has 0 saturated heterocycles. The summed E-state index contributed by atoms with van der Waals surface area (Å²) in [5.41, 5.74) is 3.40. The second-order valence-corrected chi connectivity index (χ2v) is 6.26. The molecule has 4 rings (SSSR count). The van der Waals surface area contributed by atoms with Crippen molar-refractivity contribution in [2.24, 2.45) is 0 Å². The molecule has 0 aliphatic carbocycles. The highest BCUT2D eigenvalue weighted by atomic mass is 16.2. The van der Waals surface area contributed by atoms with Crippen LogP contribution < -0.4 is 10.6 Å². The van der Waals surface area contributed by atoms with E-state index >= 15 is 0 Å². The predicted octanol–water partition coefficient (Wildman–Crippen LogP) is 3.38. The van der Waals surface area contributed by atoms with Crippen LogP contribution in [0.25, 0.3) is 11.3 Å². The summed E-state index contributed by atoms with van der Waals surface area (Å²) in [6.07, 6.45) is 0.0308. The van der Waals surface area contributed by atoms with Gasteiger partial charge in [0.15, 0.2) is 0 Å². The lowest BCUT2D eigenvalue weighted by Gasteiger charge is -2.10. The number of nitrogens with one attached hydrogen (secondary N) is 2. The summed E-state index contributed by atoms with van der Waals surface area (Å²) in [5.74, 6) is 0.225. The summed E-state index contributed by atoms with van der Waals surface area (Å²) in [6.45, 7) is 1.92. The van der Waals surface area contributed by atoms with E-state index in [1.165, 1.54) is 0 Å². The number of fused-ring (bicyclic) bond motifs is 1. The quantitative estimate of drug-likeness (QED) is 0.760. The largest absolute Gasteiger partial charge is 0.326 e. The molecule has 6 heteroatoms. The molecule has 0 saturated carbocycles. The first-order valence-electron chi connectivity index (χ1n) is 8.44. The third-order valence-corrected chi connectivity index (χ3v) is 4.47. The van der Waals surface area contributed by atoms with E-state index in [2.05, 4.69) is 15.7 Å². The van der Waals surface area contributed by atoms with Crippen molar-refractivity contribution in [3.63, 3.8) is 0 Å². The van der Waals surface area contributed by atoms with Gasteiger partial charge in [0, 0.05) is 16.8 Å². The van der Waals surface area contributed by atoms with Crippen molar-refractivity contribution in [1.29, 1.82) is 0 Å². The molecule has 0 bridgehead atoms. The van der Waals surface area contributed by atoms with Gasteiger partial charge in [-0.2, -0.15) is 5.10 Å². The van der Waals surface area contributed by atoms with Gasteiger partial charge in [-0.3, -0.25) is 9.59 Å². The van der Waals surface area contributed by atoms with Crippen molar-refractivity contribution in [2.75, 3.05) is 10.6 Å². The molecule has 26 heavy (non-hydrogen) atoms. The molecule has 1 atom stereocenters. The lowest BCUT2D eigenvalue weighted by Crippen LogP contribution is -2.23. The van der Waals surface area contributed by atoms with Crippen LogP contribution in [-0.4, -0.2) is 21.6 Å². The second kappa shape index (κ2) is 6.48. The maximum atomic E-state index is 12.4. The van der Waals surface area contributed by atoms with Gasteiger partial charge in [-0.1, -0.05) is 48.5 Å². The monoisotopic (exact) mass is 346 g/mol. The Labute approximate surface area is 150 Å². The third-order valence-electron chi connectivity index (χ3n) is 4.47. The number of rotatable bonds is 4. The standard InChI is InChI=1S/C20H18N4O2/c1-13-18(14-8-4-2-5-9-14)23-24-16(20(26)22-19(13)24)12-17(25)21-15-10-6-3-7-11-15/h2-11,16H,12H2,1H3,(H,21,25)(H,22,26)/t16-/m0/s1. The molecule has 0 spiro atoms. The van der Waals surface area contributed by atoms with Gasteiger partial charge in [0.1, 0.15) is 11.9 Å². The number of para-hydroxylation sites is 1. The Bertz CT molecular complexity index is 964. The van der Waals surface area contributed by atoms with Crippen LogP contribution in [0.5, 0.6) is 0 Å². The zero-order valence-corrected chi connectivity index (χ0v) is 14.3. The zero-order valence-electron chi connectivity index (χ0n) is 14.3.